The molecule has 0 bridgehead atoms. The molecule has 1 unspecified atom stereocenters. The fourth-order valence-electron chi connectivity index (χ4n) is 2.87. The van der Waals surface area contributed by atoms with E-state index >= 15 is 0 Å². The Morgan fingerprint density at radius 3 is 2.76 bits per heavy atom. The number of amides is 2. The van der Waals surface area contributed by atoms with Gasteiger partial charge in [-0.1, -0.05) is 11.6 Å². The quantitative estimate of drug-likeness (QED) is 0.834. The summed E-state index contributed by atoms with van der Waals surface area (Å²) in [6.45, 7) is 5.32. The van der Waals surface area contributed by atoms with Crippen molar-refractivity contribution in [3.05, 3.63) is 57.1 Å². The van der Waals surface area contributed by atoms with Crippen molar-refractivity contribution in [1.29, 1.82) is 0 Å². The van der Waals surface area contributed by atoms with Crippen molar-refractivity contribution in [1.82, 2.24) is 10.6 Å². The normalized spacial score (nSPS) is 17.2. The molecular formula is C18H18N2O5. The minimum atomic E-state index is -0.936. The Hall–Kier alpha value is -3.09. The van der Waals surface area contributed by atoms with Crippen LogP contribution in [0.3, 0.4) is 0 Å². The van der Waals surface area contributed by atoms with Crippen LogP contribution in [-0.2, 0) is 9.53 Å². The zero-order chi connectivity index (χ0) is 18.1. The first-order valence-corrected chi connectivity index (χ1v) is 7.89. The van der Waals surface area contributed by atoms with Gasteiger partial charge in [-0.15, -0.1) is 0 Å². The van der Waals surface area contributed by atoms with Gasteiger partial charge in [0.05, 0.1) is 29.2 Å². The summed E-state index contributed by atoms with van der Waals surface area (Å²) in [6.07, 6.45) is 1.28. The molecule has 7 heteroatoms. The van der Waals surface area contributed by atoms with Crippen LogP contribution in [0.15, 0.2) is 44.9 Å². The Morgan fingerprint density at radius 1 is 1.28 bits per heavy atom. The fraction of sp³-hybridized carbons (Fsp3) is 0.278. The first kappa shape index (κ1) is 16.8. The van der Waals surface area contributed by atoms with E-state index in [4.69, 9.17) is 9.15 Å². The van der Waals surface area contributed by atoms with E-state index in [0.29, 0.717) is 16.7 Å². The van der Waals surface area contributed by atoms with Gasteiger partial charge in [-0.05, 0) is 32.9 Å². The van der Waals surface area contributed by atoms with Crippen LogP contribution in [0.25, 0.3) is 11.0 Å². The molecule has 1 aliphatic rings. The second-order valence-electron chi connectivity index (χ2n) is 5.81. The van der Waals surface area contributed by atoms with Gasteiger partial charge in [0.2, 0.25) is 0 Å². The van der Waals surface area contributed by atoms with Crippen molar-refractivity contribution >= 4 is 23.0 Å². The zero-order valence-corrected chi connectivity index (χ0v) is 14.1. The van der Waals surface area contributed by atoms with E-state index in [1.54, 1.807) is 26.0 Å². The molecule has 1 aromatic heterocycles. The van der Waals surface area contributed by atoms with Gasteiger partial charge in [-0.25, -0.2) is 9.59 Å². The molecule has 130 valence electrons. The van der Waals surface area contributed by atoms with Crippen LogP contribution >= 0.6 is 0 Å². The fourth-order valence-corrected chi connectivity index (χ4v) is 2.87. The van der Waals surface area contributed by atoms with E-state index in [1.165, 1.54) is 6.26 Å². The van der Waals surface area contributed by atoms with Crippen LogP contribution in [0.2, 0.25) is 0 Å². The first-order valence-electron chi connectivity index (χ1n) is 7.89. The second-order valence-corrected chi connectivity index (χ2v) is 5.81. The van der Waals surface area contributed by atoms with Gasteiger partial charge >= 0.3 is 12.0 Å². The number of allylic oxidation sites excluding steroid dienone is 1. The summed E-state index contributed by atoms with van der Waals surface area (Å²) in [6, 6.07) is 3.83. The molecule has 0 fully saturated rings. The monoisotopic (exact) mass is 342 g/mol. The average Bonchev–Trinajstić information content (AvgIpc) is 2.55. The van der Waals surface area contributed by atoms with Crippen LogP contribution in [0.5, 0.6) is 0 Å². The lowest BCUT2D eigenvalue weighted by atomic mass is 9.95. The number of carbonyl (C=O) groups excluding carboxylic acids is 2. The summed E-state index contributed by atoms with van der Waals surface area (Å²) < 4.78 is 10.6. The number of ether oxygens (including phenoxy) is 1. The number of aryl methyl sites for hydroxylation is 1. The number of urea groups is 1. The number of esters is 1. The van der Waals surface area contributed by atoms with Crippen LogP contribution in [0.1, 0.15) is 31.0 Å². The Balaban J connectivity index is 2.19. The predicted octanol–water partition coefficient (Wildman–Crippen LogP) is 2.29. The third kappa shape index (κ3) is 3.00. The Morgan fingerprint density at radius 2 is 2.04 bits per heavy atom. The Labute approximate surface area is 143 Å². The van der Waals surface area contributed by atoms with E-state index in [1.807, 2.05) is 13.0 Å². The summed E-state index contributed by atoms with van der Waals surface area (Å²) in [4.78, 5) is 37.1. The molecule has 7 nitrogen and oxygen atoms in total. The summed E-state index contributed by atoms with van der Waals surface area (Å²) in [5.74, 6) is -0.596. The van der Waals surface area contributed by atoms with Gasteiger partial charge in [0, 0.05) is 5.70 Å². The van der Waals surface area contributed by atoms with Crippen molar-refractivity contribution in [3.63, 3.8) is 0 Å². The zero-order valence-electron chi connectivity index (χ0n) is 14.1. The summed E-state index contributed by atoms with van der Waals surface area (Å²) in [5.41, 5.74) is 1.75. The lowest BCUT2D eigenvalue weighted by Gasteiger charge is -2.27. The number of hydrogen-bond donors (Lipinski definition) is 2. The SMILES string of the molecule is CCOC(=O)C1=C(C)NC(=O)NC1c1coc2ccc(C)cc2c1=O. The molecule has 0 spiro atoms. The van der Waals surface area contributed by atoms with Gasteiger partial charge < -0.3 is 19.8 Å². The van der Waals surface area contributed by atoms with E-state index < -0.39 is 18.0 Å². The molecule has 1 atom stereocenters. The van der Waals surface area contributed by atoms with Crippen LogP contribution in [-0.4, -0.2) is 18.6 Å². The molecule has 0 radical (unpaired) electrons. The lowest BCUT2D eigenvalue weighted by molar-refractivity contribution is -0.139. The third-order valence-electron chi connectivity index (χ3n) is 4.03. The van der Waals surface area contributed by atoms with E-state index in [0.717, 1.165) is 5.56 Å². The van der Waals surface area contributed by atoms with Crippen molar-refractivity contribution in [3.8, 4) is 0 Å². The minimum absolute atomic E-state index is 0.176. The van der Waals surface area contributed by atoms with Crippen LogP contribution in [0.4, 0.5) is 4.79 Å². The number of rotatable bonds is 3. The molecule has 0 aliphatic carbocycles. The van der Waals surface area contributed by atoms with Crippen molar-refractivity contribution in [2.45, 2.75) is 26.8 Å². The first-order chi connectivity index (χ1) is 11.9. The van der Waals surface area contributed by atoms with Gasteiger partial charge in [0.1, 0.15) is 11.8 Å². The highest BCUT2D eigenvalue weighted by Gasteiger charge is 2.34. The number of nitrogens with one attached hydrogen (secondary N) is 2. The lowest BCUT2D eigenvalue weighted by Crippen LogP contribution is -2.46. The molecule has 2 amide bonds. The molecule has 1 aliphatic heterocycles. The highest BCUT2D eigenvalue weighted by Crippen LogP contribution is 2.27. The largest absolute Gasteiger partial charge is 0.464 e. The summed E-state index contributed by atoms with van der Waals surface area (Å²) in [7, 11) is 0. The van der Waals surface area contributed by atoms with E-state index in [2.05, 4.69) is 10.6 Å². The van der Waals surface area contributed by atoms with Gasteiger partial charge in [0.25, 0.3) is 0 Å². The number of carbonyl (C=O) groups is 2. The maximum atomic E-state index is 12.9. The molecule has 0 saturated carbocycles. The van der Waals surface area contributed by atoms with Crippen LogP contribution < -0.4 is 16.1 Å². The van der Waals surface area contributed by atoms with Gasteiger partial charge in [-0.3, -0.25) is 4.79 Å². The number of hydrogen-bond acceptors (Lipinski definition) is 5. The molecule has 25 heavy (non-hydrogen) atoms. The molecular weight excluding hydrogens is 324 g/mol. The third-order valence-corrected chi connectivity index (χ3v) is 4.03. The maximum Gasteiger partial charge on any atom is 0.338 e. The molecule has 2 N–H and O–H groups in total. The van der Waals surface area contributed by atoms with Crippen molar-refractivity contribution in [2.24, 2.45) is 0 Å². The van der Waals surface area contributed by atoms with Gasteiger partial charge in [-0.2, -0.15) is 0 Å². The maximum absolute atomic E-state index is 12.9. The molecule has 0 saturated heterocycles. The smallest absolute Gasteiger partial charge is 0.338 e. The highest BCUT2D eigenvalue weighted by molar-refractivity contribution is 5.95. The van der Waals surface area contributed by atoms with E-state index in [-0.39, 0.29) is 23.2 Å². The molecule has 1 aromatic carbocycles. The Kier molecular flexibility index (Phi) is 4.31. The predicted molar refractivity (Wildman–Crippen MR) is 91.0 cm³/mol. The topological polar surface area (TPSA) is 97.6 Å². The van der Waals surface area contributed by atoms with Gasteiger partial charge in [0.15, 0.2) is 5.43 Å². The average molecular weight is 342 g/mol. The summed E-state index contributed by atoms with van der Waals surface area (Å²) >= 11 is 0. The standard InChI is InChI=1S/C18H18N2O5/c1-4-24-17(22)14-10(3)19-18(23)20-15(14)12-8-25-13-6-5-9(2)7-11(13)16(12)21/h5-8,15H,4H2,1-3H3,(H2,19,20,23). The molecule has 2 aromatic rings. The van der Waals surface area contributed by atoms with Crippen molar-refractivity contribution < 1.29 is 18.7 Å². The van der Waals surface area contributed by atoms with Crippen molar-refractivity contribution in [2.75, 3.05) is 6.61 Å². The molecule has 3 rings (SSSR count). The van der Waals surface area contributed by atoms with E-state index in [9.17, 15) is 14.4 Å². The second kappa shape index (κ2) is 6.43. The number of fused-ring (bicyclic) bond motifs is 1. The van der Waals surface area contributed by atoms with Crippen LogP contribution in [0, 0.1) is 6.92 Å². The summed E-state index contributed by atoms with van der Waals surface area (Å²) in [5, 5.41) is 5.53. The molecule has 2 heterocycles. The highest BCUT2D eigenvalue weighted by atomic mass is 16.5. The number of benzene rings is 1. The minimum Gasteiger partial charge on any atom is -0.464 e. The Bertz CT molecular complexity index is 958.